The number of likely N-dealkylation sites (tertiary alicyclic amines) is 1. The van der Waals surface area contributed by atoms with Gasteiger partial charge in [-0.1, -0.05) is 30.3 Å². The second-order valence-corrected chi connectivity index (χ2v) is 6.51. The summed E-state index contributed by atoms with van der Waals surface area (Å²) in [6, 6.07) is 11.4. The number of aliphatic hydroxyl groups excluding tert-OH is 1. The van der Waals surface area contributed by atoms with Gasteiger partial charge in [-0.25, -0.2) is 4.98 Å². The van der Waals surface area contributed by atoms with E-state index in [4.69, 9.17) is 4.42 Å². The van der Waals surface area contributed by atoms with Crippen molar-refractivity contribution in [3.63, 3.8) is 0 Å². The lowest BCUT2D eigenvalue weighted by Crippen LogP contribution is -2.30. The molecule has 0 bridgehead atoms. The Morgan fingerprint density at radius 3 is 2.68 bits per heavy atom. The Labute approximate surface area is 161 Å². The molecule has 3 aromatic rings. The summed E-state index contributed by atoms with van der Waals surface area (Å²) in [5.74, 6) is -0.293. The maximum atomic E-state index is 12.8. The molecule has 1 aromatic carbocycles. The lowest BCUT2D eigenvalue weighted by Gasteiger charge is -2.23. The first-order valence-electron chi connectivity index (χ1n) is 9.02. The van der Waals surface area contributed by atoms with Gasteiger partial charge in [-0.15, -0.1) is 0 Å². The summed E-state index contributed by atoms with van der Waals surface area (Å²) in [7, 11) is 0. The summed E-state index contributed by atoms with van der Waals surface area (Å²) in [6.45, 7) is 0.336. The Bertz CT molecular complexity index is 992. The maximum Gasteiger partial charge on any atom is 0.295 e. The standard InChI is InChI=1S/C21H19N3O4/c25-19(14-6-2-1-3-7-14)17-18(15-8-5-13-28-15)24(21(27)20(17)26)12-4-9-16-22-10-11-23-16/h1-3,5-8,10-11,13,18,25H,4,9,12H2,(H,22,23)/b19-17+. The highest BCUT2D eigenvalue weighted by atomic mass is 16.3. The van der Waals surface area contributed by atoms with Gasteiger partial charge < -0.3 is 19.4 Å². The number of Topliss-reactive ketones (excluding diaryl/α,β-unsaturated/α-hetero) is 1. The summed E-state index contributed by atoms with van der Waals surface area (Å²) in [4.78, 5) is 34.1. The topological polar surface area (TPSA) is 99.4 Å². The Hall–Kier alpha value is -3.61. The molecule has 0 radical (unpaired) electrons. The highest BCUT2D eigenvalue weighted by Crippen LogP contribution is 2.39. The van der Waals surface area contributed by atoms with Crippen molar-refractivity contribution >= 4 is 17.4 Å². The number of rotatable bonds is 6. The fourth-order valence-corrected chi connectivity index (χ4v) is 3.46. The van der Waals surface area contributed by atoms with E-state index < -0.39 is 17.7 Å². The van der Waals surface area contributed by atoms with Crippen LogP contribution in [0, 0.1) is 0 Å². The molecule has 1 saturated heterocycles. The van der Waals surface area contributed by atoms with Gasteiger partial charge >= 0.3 is 0 Å². The van der Waals surface area contributed by atoms with E-state index in [1.165, 1.54) is 11.2 Å². The molecule has 1 fully saturated rings. The molecule has 1 unspecified atom stereocenters. The minimum absolute atomic E-state index is 0.0455. The summed E-state index contributed by atoms with van der Waals surface area (Å²) < 4.78 is 5.50. The molecule has 2 N–H and O–H groups in total. The van der Waals surface area contributed by atoms with Crippen molar-refractivity contribution < 1.29 is 19.1 Å². The van der Waals surface area contributed by atoms with Crippen molar-refractivity contribution in [3.05, 3.63) is 83.8 Å². The first-order valence-corrected chi connectivity index (χ1v) is 9.02. The van der Waals surface area contributed by atoms with E-state index in [9.17, 15) is 14.7 Å². The van der Waals surface area contributed by atoms with Crippen LogP contribution in [0.25, 0.3) is 5.76 Å². The van der Waals surface area contributed by atoms with Crippen LogP contribution in [0.15, 0.2) is 71.1 Å². The molecule has 1 amide bonds. The number of carbonyl (C=O) groups is 2. The predicted octanol–water partition coefficient (Wildman–Crippen LogP) is 3.06. The normalized spacial score (nSPS) is 18.7. The van der Waals surface area contributed by atoms with E-state index in [0.717, 1.165) is 5.82 Å². The number of aryl methyl sites for hydroxylation is 1. The zero-order valence-corrected chi connectivity index (χ0v) is 15.0. The van der Waals surface area contributed by atoms with Crippen LogP contribution < -0.4 is 0 Å². The summed E-state index contributed by atoms with van der Waals surface area (Å²) in [5, 5.41) is 10.8. The third-order valence-corrected chi connectivity index (χ3v) is 4.77. The number of H-pyrrole nitrogens is 1. The predicted molar refractivity (Wildman–Crippen MR) is 101 cm³/mol. The number of aliphatic hydroxyl groups is 1. The van der Waals surface area contributed by atoms with Crippen LogP contribution >= 0.6 is 0 Å². The van der Waals surface area contributed by atoms with Gasteiger partial charge in [0.1, 0.15) is 23.4 Å². The van der Waals surface area contributed by atoms with Crippen LogP contribution in [0.5, 0.6) is 0 Å². The minimum Gasteiger partial charge on any atom is -0.507 e. The van der Waals surface area contributed by atoms with Gasteiger partial charge in [0.25, 0.3) is 11.7 Å². The lowest BCUT2D eigenvalue weighted by atomic mass is 9.99. The highest BCUT2D eigenvalue weighted by molar-refractivity contribution is 6.46. The molecule has 0 aliphatic carbocycles. The first kappa shape index (κ1) is 17.8. The summed E-state index contributed by atoms with van der Waals surface area (Å²) in [5.41, 5.74) is 0.525. The largest absolute Gasteiger partial charge is 0.507 e. The van der Waals surface area contributed by atoms with Gasteiger partial charge in [0.2, 0.25) is 0 Å². The molecule has 0 saturated carbocycles. The number of ketones is 1. The molecule has 1 atom stereocenters. The average Bonchev–Trinajstić information content (AvgIpc) is 3.46. The minimum atomic E-state index is -0.758. The molecule has 1 aliphatic heterocycles. The van der Waals surface area contributed by atoms with Crippen molar-refractivity contribution in [2.24, 2.45) is 0 Å². The zero-order chi connectivity index (χ0) is 19.5. The van der Waals surface area contributed by atoms with E-state index in [1.54, 1.807) is 48.8 Å². The molecule has 7 nitrogen and oxygen atoms in total. The van der Waals surface area contributed by atoms with Crippen molar-refractivity contribution in [2.75, 3.05) is 6.54 Å². The third kappa shape index (κ3) is 3.22. The Kier molecular flexibility index (Phi) is 4.80. The molecule has 2 aromatic heterocycles. The van der Waals surface area contributed by atoms with Crippen LogP contribution in [-0.4, -0.2) is 38.2 Å². The second kappa shape index (κ2) is 7.56. The van der Waals surface area contributed by atoms with Crippen molar-refractivity contribution in [1.82, 2.24) is 14.9 Å². The molecule has 7 heteroatoms. The quantitative estimate of drug-likeness (QED) is 0.391. The van der Waals surface area contributed by atoms with Crippen molar-refractivity contribution in [2.45, 2.75) is 18.9 Å². The van der Waals surface area contributed by atoms with E-state index in [2.05, 4.69) is 9.97 Å². The van der Waals surface area contributed by atoms with Crippen LogP contribution in [0.1, 0.15) is 29.6 Å². The Morgan fingerprint density at radius 1 is 1.18 bits per heavy atom. The number of hydrogen-bond donors (Lipinski definition) is 2. The number of aromatic amines is 1. The number of carbonyl (C=O) groups excluding carboxylic acids is 2. The third-order valence-electron chi connectivity index (χ3n) is 4.77. The van der Waals surface area contributed by atoms with Gasteiger partial charge in [-0.3, -0.25) is 9.59 Å². The average molecular weight is 377 g/mol. The fourth-order valence-electron chi connectivity index (χ4n) is 3.46. The maximum absolute atomic E-state index is 12.8. The Balaban J connectivity index is 1.68. The molecular weight excluding hydrogens is 358 g/mol. The number of furan rings is 1. The van der Waals surface area contributed by atoms with Gasteiger partial charge in [-0.05, 0) is 18.6 Å². The van der Waals surface area contributed by atoms with E-state index in [1.807, 2.05) is 6.07 Å². The Morgan fingerprint density at radius 2 is 2.00 bits per heavy atom. The van der Waals surface area contributed by atoms with Crippen LogP contribution in [0.3, 0.4) is 0 Å². The number of benzene rings is 1. The van der Waals surface area contributed by atoms with Gasteiger partial charge in [0.05, 0.1) is 11.8 Å². The van der Waals surface area contributed by atoms with Gasteiger partial charge in [0, 0.05) is 30.9 Å². The number of hydrogen-bond acceptors (Lipinski definition) is 5. The number of amides is 1. The molecule has 28 heavy (non-hydrogen) atoms. The smallest absolute Gasteiger partial charge is 0.295 e. The molecular formula is C21H19N3O4. The molecule has 3 heterocycles. The molecule has 4 rings (SSSR count). The monoisotopic (exact) mass is 377 g/mol. The lowest BCUT2D eigenvalue weighted by molar-refractivity contribution is -0.140. The van der Waals surface area contributed by atoms with Crippen molar-refractivity contribution in [1.29, 1.82) is 0 Å². The second-order valence-electron chi connectivity index (χ2n) is 6.51. The van der Waals surface area contributed by atoms with E-state index >= 15 is 0 Å². The number of imidazole rings is 1. The van der Waals surface area contributed by atoms with Crippen LogP contribution in [0.2, 0.25) is 0 Å². The molecule has 142 valence electrons. The van der Waals surface area contributed by atoms with E-state index in [0.29, 0.717) is 30.7 Å². The zero-order valence-electron chi connectivity index (χ0n) is 15.0. The highest BCUT2D eigenvalue weighted by Gasteiger charge is 2.47. The number of nitrogens with zero attached hydrogens (tertiary/aromatic N) is 2. The number of aromatic nitrogens is 2. The van der Waals surface area contributed by atoms with Crippen LogP contribution in [-0.2, 0) is 16.0 Å². The summed E-state index contributed by atoms with van der Waals surface area (Å²) in [6.07, 6.45) is 6.15. The first-order chi connectivity index (χ1) is 13.7. The SMILES string of the molecule is O=C1C(=O)N(CCCc2ncc[nH]2)C(c2ccco2)/C1=C(\O)c1ccccc1. The molecule has 0 spiro atoms. The van der Waals surface area contributed by atoms with Gasteiger partial charge in [-0.2, -0.15) is 0 Å². The fraction of sp³-hybridized carbons (Fsp3) is 0.190. The number of nitrogens with one attached hydrogen (secondary N) is 1. The van der Waals surface area contributed by atoms with E-state index in [-0.39, 0.29) is 11.3 Å². The van der Waals surface area contributed by atoms with Gasteiger partial charge in [0.15, 0.2) is 0 Å². The summed E-state index contributed by atoms with van der Waals surface area (Å²) >= 11 is 0. The molecule has 1 aliphatic rings. The van der Waals surface area contributed by atoms with Crippen LogP contribution in [0.4, 0.5) is 0 Å². The van der Waals surface area contributed by atoms with Crippen molar-refractivity contribution in [3.8, 4) is 0 Å².